The summed E-state index contributed by atoms with van der Waals surface area (Å²) in [5, 5.41) is 0.625. The average molecular weight is 102 g/mol. The Morgan fingerprint density at radius 1 is 1.57 bits per heavy atom. The molecule has 0 spiro atoms. The summed E-state index contributed by atoms with van der Waals surface area (Å²) in [5.74, 6) is 0. The molecule has 0 bridgehead atoms. The van der Waals surface area contributed by atoms with Crippen molar-refractivity contribution < 1.29 is 4.48 Å². The highest BCUT2D eigenvalue weighted by atomic mass is 19.2. The molecule has 1 aliphatic heterocycles. The van der Waals surface area contributed by atoms with E-state index in [1.807, 2.05) is 7.05 Å². The van der Waals surface area contributed by atoms with Crippen LogP contribution < -0.4 is 0 Å². The number of nitrogens with zero attached hydrogens (tertiary/aromatic N) is 2. The summed E-state index contributed by atoms with van der Waals surface area (Å²) in [6, 6.07) is 0. The van der Waals surface area contributed by atoms with Gasteiger partial charge in [-0.3, -0.25) is 0 Å². The van der Waals surface area contributed by atoms with E-state index < -0.39 is 0 Å². The van der Waals surface area contributed by atoms with Gasteiger partial charge in [-0.05, 0) is 0 Å². The minimum absolute atomic E-state index is 0.361. The van der Waals surface area contributed by atoms with Gasteiger partial charge in [0.2, 0.25) is 0 Å². The van der Waals surface area contributed by atoms with Gasteiger partial charge in [0, 0.05) is 13.2 Å². The molecule has 3 heteroatoms. The van der Waals surface area contributed by atoms with Crippen LogP contribution in [-0.2, 0) is 0 Å². The topological polar surface area (TPSA) is 6.48 Å². The molecule has 0 aromatic carbocycles. The first-order valence-corrected chi connectivity index (χ1v) is 2.10. The van der Waals surface area contributed by atoms with Crippen LogP contribution in [0.4, 0.5) is 4.48 Å². The Morgan fingerprint density at radius 2 is 2.29 bits per heavy atom. The molecule has 0 aliphatic carbocycles. The van der Waals surface area contributed by atoms with E-state index in [1.54, 1.807) is 11.1 Å². The first-order chi connectivity index (χ1) is 3.29. The van der Waals surface area contributed by atoms with Gasteiger partial charge in [0.25, 0.3) is 0 Å². The number of rotatable bonds is 0. The lowest BCUT2D eigenvalue weighted by atomic mass is 10.9. The minimum atomic E-state index is 0.361. The van der Waals surface area contributed by atoms with Gasteiger partial charge in [-0.2, -0.15) is 5.12 Å². The second-order valence-electron chi connectivity index (χ2n) is 1.60. The van der Waals surface area contributed by atoms with Crippen LogP contribution in [0.2, 0.25) is 0 Å². The molecule has 0 radical (unpaired) electrons. The number of hydrogen-bond acceptors (Lipinski definition) is 2. The summed E-state index contributed by atoms with van der Waals surface area (Å²) in [6.45, 7) is 0.361. The highest BCUT2D eigenvalue weighted by molar-refractivity contribution is 4.83. The van der Waals surface area contributed by atoms with Crippen molar-refractivity contribution in [3.8, 4) is 0 Å². The van der Waals surface area contributed by atoms with Gasteiger partial charge in [0.05, 0.1) is 6.20 Å². The summed E-state index contributed by atoms with van der Waals surface area (Å²) in [7, 11) is 1.82. The number of halogens is 1. The highest BCUT2D eigenvalue weighted by Crippen LogP contribution is 2.01. The average Bonchev–Trinajstić information content (AvgIpc) is 1.87. The van der Waals surface area contributed by atoms with Crippen LogP contribution in [0.1, 0.15) is 0 Å². The summed E-state index contributed by atoms with van der Waals surface area (Å²) in [4.78, 5) is 1.75. The number of hydrogen-bond donors (Lipinski definition) is 0. The van der Waals surface area contributed by atoms with E-state index in [4.69, 9.17) is 0 Å². The molecule has 0 amide bonds. The Labute approximate surface area is 41.8 Å². The molecule has 0 fully saturated rings. The quantitative estimate of drug-likeness (QED) is 0.412. The maximum Gasteiger partial charge on any atom is 0.120 e. The summed E-state index contributed by atoms with van der Waals surface area (Å²) >= 11 is 0. The second kappa shape index (κ2) is 1.40. The van der Waals surface area contributed by atoms with Crippen LogP contribution >= 0.6 is 0 Å². The molecule has 0 N–H and O–H groups in total. The Morgan fingerprint density at radius 3 is 2.43 bits per heavy atom. The third-order valence-corrected chi connectivity index (χ3v) is 0.841. The second-order valence-corrected chi connectivity index (χ2v) is 1.60. The predicted octanol–water partition coefficient (Wildman–Crippen LogP) is 0.547. The maximum absolute atomic E-state index is 11.9. The lowest BCUT2D eigenvalue weighted by molar-refractivity contribution is 0.0691. The van der Waals surface area contributed by atoms with Crippen molar-refractivity contribution in [2.75, 3.05) is 13.7 Å². The van der Waals surface area contributed by atoms with Crippen molar-refractivity contribution in [3.05, 3.63) is 12.4 Å². The Hall–Kier alpha value is -0.730. The predicted molar refractivity (Wildman–Crippen MR) is 24.7 cm³/mol. The largest absolute Gasteiger partial charge is 0.359 e. The monoisotopic (exact) mass is 102 g/mol. The molecule has 0 unspecified atom stereocenters. The van der Waals surface area contributed by atoms with Crippen LogP contribution in [-0.4, -0.2) is 23.7 Å². The van der Waals surface area contributed by atoms with E-state index in [0.29, 0.717) is 11.8 Å². The summed E-state index contributed by atoms with van der Waals surface area (Å²) in [5.41, 5.74) is 0. The van der Waals surface area contributed by atoms with Gasteiger partial charge in [-0.15, -0.1) is 0 Å². The van der Waals surface area contributed by atoms with Crippen molar-refractivity contribution in [2.24, 2.45) is 0 Å². The molecule has 0 saturated carbocycles. The molecule has 7 heavy (non-hydrogen) atoms. The van der Waals surface area contributed by atoms with Crippen molar-refractivity contribution in [1.82, 2.24) is 10.0 Å². The Balaban J connectivity index is 2.42. The lowest BCUT2D eigenvalue weighted by Crippen LogP contribution is -2.14. The van der Waals surface area contributed by atoms with Crippen molar-refractivity contribution in [1.29, 1.82) is 0 Å². The van der Waals surface area contributed by atoms with E-state index >= 15 is 0 Å². The van der Waals surface area contributed by atoms with Crippen LogP contribution in [0.3, 0.4) is 0 Å². The third kappa shape index (κ3) is 0.824. The summed E-state index contributed by atoms with van der Waals surface area (Å²) in [6.07, 6.45) is 3.07. The zero-order chi connectivity index (χ0) is 5.28. The fourth-order valence-corrected chi connectivity index (χ4v) is 0.494. The van der Waals surface area contributed by atoms with Crippen LogP contribution in [0.15, 0.2) is 12.4 Å². The summed E-state index contributed by atoms with van der Waals surface area (Å²) < 4.78 is 11.9. The van der Waals surface area contributed by atoms with Gasteiger partial charge < -0.3 is 4.90 Å². The minimum Gasteiger partial charge on any atom is -0.359 e. The van der Waals surface area contributed by atoms with Gasteiger partial charge in [0.1, 0.15) is 6.67 Å². The van der Waals surface area contributed by atoms with E-state index in [1.165, 1.54) is 6.20 Å². The normalized spacial score (nSPS) is 19.1. The molecule has 0 aromatic rings. The van der Waals surface area contributed by atoms with Gasteiger partial charge >= 0.3 is 0 Å². The Bertz CT molecular complexity index is 81.7. The van der Waals surface area contributed by atoms with Gasteiger partial charge in [0.15, 0.2) is 0 Å². The Kier molecular flexibility index (Phi) is 0.889. The zero-order valence-electron chi connectivity index (χ0n) is 4.13. The maximum atomic E-state index is 11.9. The first kappa shape index (κ1) is 4.43. The van der Waals surface area contributed by atoms with Gasteiger partial charge in [-0.25, -0.2) is 0 Å². The molecular formula is C4H7FN2. The SMILES string of the molecule is CN1C=CN(F)C1. The first-order valence-electron chi connectivity index (χ1n) is 2.10. The zero-order valence-corrected chi connectivity index (χ0v) is 4.13. The molecule has 40 valence electrons. The lowest BCUT2D eigenvalue weighted by Gasteiger charge is -2.06. The standard InChI is InChI=1S/C4H7FN2/c1-6-2-3-7(5)4-6/h2-3H,4H2,1H3. The molecule has 1 heterocycles. The van der Waals surface area contributed by atoms with Crippen molar-refractivity contribution >= 4 is 0 Å². The fraction of sp³-hybridized carbons (Fsp3) is 0.500. The molecule has 0 aromatic heterocycles. The van der Waals surface area contributed by atoms with E-state index in [9.17, 15) is 4.48 Å². The highest BCUT2D eigenvalue weighted by Gasteiger charge is 2.03. The molecule has 1 rings (SSSR count). The third-order valence-electron chi connectivity index (χ3n) is 0.841. The smallest absolute Gasteiger partial charge is 0.120 e. The van der Waals surface area contributed by atoms with Crippen molar-refractivity contribution in [3.63, 3.8) is 0 Å². The molecule has 1 aliphatic rings. The fourth-order valence-electron chi connectivity index (χ4n) is 0.494. The molecule has 2 nitrogen and oxygen atoms in total. The van der Waals surface area contributed by atoms with Crippen LogP contribution in [0, 0.1) is 0 Å². The van der Waals surface area contributed by atoms with E-state index in [2.05, 4.69) is 0 Å². The molecular weight excluding hydrogens is 95.1 g/mol. The van der Waals surface area contributed by atoms with Crippen molar-refractivity contribution in [2.45, 2.75) is 0 Å². The van der Waals surface area contributed by atoms with Crippen LogP contribution in [0.25, 0.3) is 0 Å². The van der Waals surface area contributed by atoms with E-state index in [0.717, 1.165) is 0 Å². The molecule has 0 atom stereocenters. The van der Waals surface area contributed by atoms with Crippen LogP contribution in [0.5, 0.6) is 0 Å². The van der Waals surface area contributed by atoms with Gasteiger partial charge in [-0.1, -0.05) is 4.48 Å². The van der Waals surface area contributed by atoms with E-state index in [-0.39, 0.29) is 0 Å². The molecule has 0 saturated heterocycles.